The number of nitrogens with one attached hydrogen (secondary N) is 1. The molecule has 21 heavy (non-hydrogen) atoms. The lowest BCUT2D eigenvalue weighted by Gasteiger charge is -2.13. The quantitative estimate of drug-likeness (QED) is 0.802. The normalized spacial score (nSPS) is 12.6. The number of rotatable bonds is 6. The summed E-state index contributed by atoms with van der Waals surface area (Å²) in [6.45, 7) is 7.30. The van der Waals surface area contributed by atoms with Crippen LogP contribution >= 0.6 is 23.4 Å². The first-order chi connectivity index (χ1) is 10.0. The fourth-order valence-corrected chi connectivity index (χ4v) is 3.66. The topological polar surface area (TPSA) is 29.9 Å². The minimum absolute atomic E-state index is 0.374. The molecule has 0 fully saturated rings. The summed E-state index contributed by atoms with van der Waals surface area (Å²) in [6, 6.07) is 9.05. The number of aryl methyl sites for hydroxylation is 2. The lowest BCUT2D eigenvalue weighted by molar-refractivity contribution is 0.597. The van der Waals surface area contributed by atoms with E-state index in [1.807, 2.05) is 14.0 Å². The van der Waals surface area contributed by atoms with Crippen molar-refractivity contribution in [2.24, 2.45) is 7.05 Å². The van der Waals surface area contributed by atoms with Gasteiger partial charge in [0.05, 0.1) is 5.69 Å². The minimum Gasteiger partial charge on any atom is -0.310 e. The molecule has 2 rings (SSSR count). The van der Waals surface area contributed by atoms with Crippen LogP contribution in [0, 0.1) is 6.92 Å². The summed E-state index contributed by atoms with van der Waals surface area (Å²) in [4.78, 5) is 1.26. The number of benzene rings is 1. The average molecular weight is 324 g/mol. The Morgan fingerprint density at radius 3 is 2.81 bits per heavy atom. The molecule has 3 nitrogen and oxygen atoms in total. The van der Waals surface area contributed by atoms with Gasteiger partial charge in [0.15, 0.2) is 0 Å². The zero-order valence-corrected chi connectivity index (χ0v) is 14.6. The predicted molar refractivity (Wildman–Crippen MR) is 91.0 cm³/mol. The number of aromatic nitrogens is 2. The van der Waals surface area contributed by atoms with Crippen LogP contribution < -0.4 is 5.32 Å². The van der Waals surface area contributed by atoms with Gasteiger partial charge in [-0.15, -0.1) is 11.8 Å². The largest absolute Gasteiger partial charge is 0.310 e. The lowest BCUT2D eigenvalue weighted by Crippen LogP contribution is -2.17. The molecule has 2 aromatic rings. The van der Waals surface area contributed by atoms with Crippen molar-refractivity contribution in [3.8, 4) is 0 Å². The maximum absolute atomic E-state index is 6.28. The summed E-state index contributed by atoms with van der Waals surface area (Å²) in [5.41, 5.74) is 3.44. The van der Waals surface area contributed by atoms with Crippen molar-refractivity contribution in [2.45, 2.75) is 37.5 Å². The smallest absolute Gasteiger partial charge is 0.131 e. The molecule has 114 valence electrons. The fraction of sp³-hybridized carbons (Fsp3) is 0.438. The van der Waals surface area contributed by atoms with Crippen LogP contribution in [0.3, 0.4) is 0 Å². The standard InChI is InChI=1S/C16H22ClN3S/c1-5-18-11(2)13-7-6-8-14(9-13)21-10-15-12(3)19-20(4)16(15)17/h6-9,11,18H,5,10H2,1-4H3. The van der Waals surface area contributed by atoms with Crippen LogP contribution in [0.4, 0.5) is 0 Å². The molecular weight excluding hydrogens is 302 g/mol. The molecule has 0 aliphatic rings. The molecule has 0 saturated carbocycles. The predicted octanol–water partition coefficient (Wildman–Crippen LogP) is 4.34. The molecule has 1 unspecified atom stereocenters. The van der Waals surface area contributed by atoms with Crippen LogP contribution in [0.2, 0.25) is 5.15 Å². The van der Waals surface area contributed by atoms with Crippen LogP contribution in [0.25, 0.3) is 0 Å². The van der Waals surface area contributed by atoms with Gasteiger partial charge in [-0.1, -0.05) is 30.7 Å². The van der Waals surface area contributed by atoms with Gasteiger partial charge in [0.25, 0.3) is 0 Å². The molecule has 1 heterocycles. The molecular formula is C16H22ClN3S. The van der Waals surface area contributed by atoms with Crippen molar-refractivity contribution in [1.82, 2.24) is 15.1 Å². The fourth-order valence-electron chi connectivity index (χ4n) is 2.29. The molecule has 0 saturated heterocycles. The van der Waals surface area contributed by atoms with E-state index in [2.05, 4.69) is 48.5 Å². The minimum atomic E-state index is 0.374. The Hall–Kier alpha value is -0.970. The molecule has 0 spiro atoms. The van der Waals surface area contributed by atoms with Gasteiger partial charge in [-0.05, 0) is 38.1 Å². The van der Waals surface area contributed by atoms with E-state index < -0.39 is 0 Å². The summed E-state index contributed by atoms with van der Waals surface area (Å²) in [5, 5.41) is 8.53. The monoisotopic (exact) mass is 323 g/mol. The van der Waals surface area contributed by atoms with Gasteiger partial charge in [-0.25, -0.2) is 0 Å². The SMILES string of the molecule is CCNC(C)c1cccc(SCc2c(C)nn(C)c2Cl)c1. The first kappa shape index (κ1) is 16.4. The molecule has 5 heteroatoms. The maximum Gasteiger partial charge on any atom is 0.131 e. The molecule has 1 atom stereocenters. The molecule has 0 bridgehead atoms. The van der Waals surface area contributed by atoms with E-state index in [4.69, 9.17) is 11.6 Å². The number of hydrogen-bond acceptors (Lipinski definition) is 3. The first-order valence-corrected chi connectivity index (χ1v) is 8.53. The Morgan fingerprint density at radius 2 is 2.19 bits per heavy atom. The van der Waals surface area contributed by atoms with Gasteiger partial charge in [0.1, 0.15) is 5.15 Å². The van der Waals surface area contributed by atoms with Crippen molar-refractivity contribution in [2.75, 3.05) is 6.54 Å². The zero-order chi connectivity index (χ0) is 15.4. The zero-order valence-electron chi connectivity index (χ0n) is 13.0. The maximum atomic E-state index is 6.28. The van der Waals surface area contributed by atoms with Gasteiger partial charge >= 0.3 is 0 Å². The highest BCUT2D eigenvalue weighted by Gasteiger charge is 2.12. The Bertz CT molecular complexity index is 610. The molecule has 0 aliphatic heterocycles. The molecule has 1 aromatic carbocycles. The van der Waals surface area contributed by atoms with Crippen LogP contribution in [-0.4, -0.2) is 16.3 Å². The van der Waals surface area contributed by atoms with Crippen LogP contribution in [-0.2, 0) is 12.8 Å². The van der Waals surface area contributed by atoms with Crippen LogP contribution in [0.1, 0.15) is 36.7 Å². The van der Waals surface area contributed by atoms with E-state index in [0.717, 1.165) is 28.7 Å². The third kappa shape index (κ3) is 4.02. The van der Waals surface area contributed by atoms with Crippen molar-refractivity contribution in [1.29, 1.82) is 0 Å². The van der Waals surface area contributed by atoms with Crippen molar-refractivity contribution in [3.63, 3.8) is 0 Å². The highest BCUT2D eigenvalue weighted by molar-refractivity contribution is 7.98. The second-order valence-corrected chi connectivity index (χ2v) is 6.53. The summed E-state index contributed by atoms with van der Waals surface area (Å²) < 4.78 is 1.73. The summed E-state index contributed by atoms with van der Waals surface area (Å²) in [5.74, 6) is 0.845. The van der Waals surface area contributed by atoms with E-state index in [1.54, 1.807) is 16.4 Å². The molecule has 0 amide bonds. The first-order valence-electron chi connectivity index (χ1n) is 7.17. The lowest BCUT2D eigenvalue weighted by atomic mass is 10.1. The Kier molecular flexibility index (Phi) is 5.73. The van der Waals surface area contributed by atoms with Gasteiger partial charge in [-0.2, -0.15) is 5.10 Å². The van der Waals surface area contributed by atoms with Gasteiger partial charge in [0.2, 0.25) is 0 Å². The van der Waals surface area contributed by atoms with E-state index >= 15 is 0 Å². The van der Waals surface area contributed by atoms with E-state index in [-0.39, 0.29) is 0 Å². The van der Waals surface area contributed by atoms with Crippen molar-refractivity contribution >= 4 is 23.4 Å². The second kappa shape index (κ2) is 7.34. The van der Waals surface area contributed by atoms with E-state index in [0.29, 0.717) is 6.04 Å². The Balaban J connectivity index is 2.08. The summed E-state index contributed by atoms with van der Waals surface area (Å²) in [7, 11) is 1.88. The molecule has 0 aliphatic carbocycles. The third-order valence-electron chi connectivity index (χ3n) is 3.52. The Labute approximate surface area is 136 Å². The average Bonchev–Trinajstić information content (AvgIpc) is 2.71. The number of thioether (sulfide) groups is 1. The van der Waals surface area contributed by atoms with E-state index in [1.165, 1.54) is 10.5 Å². The second-order valence-electron chi connectivity index (χ2n) is 5.12. The summed E-state index contributed by atoms with van der Waals surface area (Å²) >= 11 is 8.08. The highest BCUT2D eigenvalue weighted by atomic mass is 35.5. The number of hydrogen-bond donors (Lipinski definition) is 1. The summed E-state index contributed by atoms with van der Waals surface area (Å²) in [6.07, 6.45) is 0. The van der Waals surface area contributed by atoms with Gasteiger partial charge < -0.3 is 5.32 Å². The number of halogens is 1. The Morgan fingerprint density at radius 1 is 1.43 bits per heavy atom. The molecule has 0 radical (unpaired) electrons. The molecule has 1 aromatic heterocycles. The van der Waals surface area contributed by atoms with E-state index in [9.17, 15) is 0 Å². The number of nitrogens with zero attached hydrogens (tertiary/aromatic N) is 2. The van der Waals surface area contributed by atoms with Crippen LogP contribution in [0.15, 0.2) is 29.2 Å². The van der Waals surface area contributed by atoms with Crippen molar-refractivity contribution < 1.29 is 0 Å². The van der Waals surface area contributed by atoms with Gasteiger partial charge in [0, 0.05) is 29.3 Å². The van der Waals surface area contributed by atoms with Gasteiger partial charge in [-0.3, -0.25) is 4.68 Å². The highest BCUT2D eigenvalue weighted by Crippen LogP contribution is 2.29. The van der Waals surface area contributed by atoms with Crippen LogP contribution in [0.5, 0.6) is 0 Å². The molecule has 1 N–H and O–H groups in total. The third-order valence-corrected chi connectivity index (χ3v) is 5.01. The van der Waals surface area contributed by atoms with Crippen molar-refractivity contribution in [3.05, 3.63) is 46.2 Å².